The van der Waals surface area contributed by atoms with E-state index in [1.54, 1.807) is 0 Å². The second-order valence-electron chi connectivity index (χ2n) is 7.34. The maximum absolute atomic E-state index is 11.3. The third-order valence-electron chi connectivity index (χ3n) is 6.07. The van der Waals surface area contributed by atoms with Gasteiger partial charge in [-0.25, -0.2) is 4.98 Å². The number of ether oxygens (including phenoxy) is 1. The second kappa shape index (κ2) is 5.78. The summed E-state index contributed by atoms with van der Waals surface area (Å²) in [6.45, 7) is 3.56. The van der Waals surface area contributed by atoms with Gasteiger partial charge in [-0.1, -0.05) is 6.07 Å². The first-order valence-corrected chi connectivity index (χ1v) is 8.76. The number of carbonyl (C=O) groups excluding carboxylic acids is 1. The van der Waals surface area contributed by atoms with Crippen LogP contribution in [0.15, 0.2) is 18.3 Å². The standard InChI is InChI=1S/C18H25N3O2/c19-17(22)13-3-7-21(8-4-13)16-2-1-14(12-20-16)15-11-18(15)5-9-23-10-6-18/h1-2,12-13,15H,3-11H2,(H2,19,22). The normalized spacial score (nSPS) is 27.1. The van der Waals surface area contributed by atoms with Crippen LogP contribution in [0.5, 0.6) is 0 Å². The molecule has 124 valence electrons. The Morgan fingerprint density at radius 2 is 2.00 bits per heavy atom. The molecule has 1 amide bonds. The number of nitrogens with two attached hydrogens (primary N) is 1. The Kier molecular flexibility index (Phi) is 3.76. The van der Waals surface area contributed by atoms with E-state index in [4.69, 9.17) is 10.5 Å². The summed E-state index contributed by atoms with van der Waals surface area (Å²) in [7, 11) is 0. The van der Waals surface area contributed by atoms with Crippen molar-refractivity contribution in [3.63, 3.8) is 0 Å². The molecule has 1 unspecified atom stereocenters. The zero-order valence-electron chi connectivity index (χ0n) is 13.5. The molecular weight excluding hydrogens is 290 g/mol. The van der Waals surface area contributed by atoms with Crippen molar-refractivity contribution >= 4 is 11.7 Å². The Bertz CT molecular complexity index is 572. The highest BCUT2D eigenvalue weighted by atomic mass is 16.5. The molecular formula is C18H25N3O2. The van der Waals surface area contributed by atoms with Crippen LogP contribution in [0.3, 0.4) is 0 Å². The zero-order chi connectivity index (χ0) is 15.9. The molecule has 23 heavy (non-hydrogen) atoms. The molecule has 4 rings (SSSR count). The summed E-state index contributed by atoms with van der Waals surface area (Å²) in [5.41, 5.74) is 7.28. The lowest BCUT2D eigenvalue weighted by Gasteiger charge is -2.31. The van der Waals surface area contributed by atoms with Crippen molar-refractivity contribution in [2.24, 2.45) is 17.1 Å². The summed E-state index contributed by atoms with van der Waals surface area (Å²) >= 11 is 0. The summed E-state index contributed by atoms with van der Waals surface area (Å²) in [4.78, 5) is 18.2. The summed E-state index contributed by atoms with van der Waals surface area (Å²) in [6.07, 6.45) is 7.42. The van der Waals surface area contributed by atoms with Crippen LogP contribution in [-0.4, -0.2) is 37.2 Å². The van der Waals surface area contributed by atoms with E-state index in [2.05, 4.69) is 28.2 Å². The van der Waals surface area contributed by atoms with Gasteiger partial charge in [0.05, 0.1) is 0 Å². The fourth-order valence-corrected chi connectivity index (χ4v) is 4.33. The third-order valence-corrected chi connectivity index (χ3v) is 6.07. The lowest BCUT2D eigenvalue weighted by molar-refractivity contribution is -0.122. The van der Waals surface area contributed by atoms with Gasteiger partial charge in [-0.3, -0.25) is 4.79 Å². The SMILES string of the molecule is NC(=O)C1CCN(c2ccc(C3CC34CCOCC4)cn2)CC1. The number of nitrogens with zero attached hydrogens (tertiary/aromatic N) is 2. The molecule has 1 aromatic heterocycles. The van der Waals surface area contributed by atoms with Gasteiger partial charge in [0.25, 0.3) is 0 Å². The van der Waals surface area contributed by atoms with Crippen LogP contribution in [0.25, 0.3) is 0 Å². The van der Waals surface area contributed by atoms with Crippen LogP contribution in [-0.2, 0) is 9.53 Å². The Labute approximate surface area is 137 Å². The lowest BCUT2D eigenvalue weighted by atomic mass is 9.91. The predicted octanol–water partition coefficient (Wildman–Crippen LogP) is 2.07. The summed E-state index contributed by atoms with van der Waals surface area (Å²) in [5, 5.41) is 0. The quantitative estimate of drug-likeness (QED) is 0.927. The number of anilines is 1. The zero-order valence-corrected chi connectivity index (χ0v) is 13.5. The van der Waals surface area contributed by atoms with Crippen LogP contribution >= 0.6 is 0 Å². The van der Waals surface area contributed by atoms with Gasteiger partial charge >= 0.3 is 0 Å². The van der Waals surface area contributed by atoms with Gasteiger partial charge in [0.1, 0.15) is 5.82 Å². The molecule has 0 aromatic carbocycles. The molecule has 5 heteroatoms. The van der Waals surface area contributed by atoms with E-state index in [1.165, 1.54) is 24.8 Å². The predicted molar refractivity (Wildman–Crippen MR) is 88.2 cm³/mol. The molecule has 5 nitrogen and oxygen atoms in total. The molecule has 0 bridgehead atoms. The lowest BCUT2D eigenvalue weighted by Crippen LogP contribution is -2.38. The van der Waals surface area contributed by atoms with Crippen molar-refractivity contribution in [1.82, 2.24) is 4.98 Å². The molecule has 2 saturated heterocycles. The van der Waals surface area contributed by atoms with Gasteiger partial charge in [-0.15, -0.1) is 0 Å². The fraction of sp³-hybridized carbons (Fsp3) is 0.667. The Morgan fingerprint density at radius 1 is 1.26 bits per heavy atom. The number of aromatic nitrogens is 1. The van der Waals surface area contributed by atoms with Crippen LogP contribution in [0.4, 0.5) is 5.82 Å². The molecule has 1 atom stereocenters. The van der Waals surface area contributed by atoms with Crippen molar-refractivity contribution in [3.05, 3.63) is 23.9 Å². The molecule has 3 aliphatic rings. The third kappa shape index (κ3) is 2.82. The highest BCUT2D eigenvalue weighted by Gasteiger charge is 2.54. The average molecular weight is 315 g/mol. The van der Waals surface area contributed by atoms with E-state index in [9.17, 15) is 4.79 Å². The van der Waals surface area contributed by atoms with Crippen molar-refractivity contribution in [2.75, 3.05) is 31.2 Å². The van der Waals surface area contributed by atoms with E-state index < -0.39 is 0 Å². The summed E-state index contributed by atoms with van der Waals surface area (Å²) < 4.78 is 5.50. The number of amides is 1. The van der Waals surface area contributed by atoms with E-state index in [0.29, 0.717) is 11.3 Å². The molecule has 0 radical (unpaired) electrons. The number of carbonyl (C=O) groups is 1. The van der Waals surface area contributed by atoms with E-state index in [-0.39, 0.29) is 11.8 Å². The molecule has 3 fully saturated rings. The van der Waals surface area contributed by atoms with Crippen molar-refractivity contribution in [2.45, 2.75) is 38.0 Å². The van der Waals surface area contributed by atoms with Crippen LogP contribution in [0.1, 0.15) is 43.6 Å². The first kappa shape index (κ1) is 14.9. The molecule has 2 N–H and O–H groups in total. The molecule has 1 aliphatic carbocycles. The first-order valence-electron chi connectivity index (χ1n) is 8.76. The number of rotatable bonds is 3. The minimum atomic E-state index is -0.163. The largest absolute Gasteiger partial charge is 0.381 e. The van der Waals surface area contributed by atoms with Crippen molar-refractivity contribution in [3.8, 4) is 0 Å². The highest BCUT2D eigenvalue weighted by molar-refractivity contribution is 5.76. The van der Waals surface area contributed by atoms with E-state index >= 15 is 0 Å². The van der Waals surface area contributed by atoms with Gasteiger partial charge in [-0.05, 0) is 55.1 Å². The monoisotopic (exact) mass is 315 g/mol. The van der Waals surface area contributed by atoms with Crippen molar-refractivity contribution < 1.29 is 9.53 Å². The molecule has 2 aliphatic heterocycles. The molecule has 1 aromatic rings. The Hall–Kier alpha value is -1.62. The van der Waals surface area contributed by atoms with Crippen LogP contribution < -0.4 is 10.6 Å². The number of primary amides is 1. The van der Waals surface area contributed by atoms with Gasteiger partial charge in [0.15, 0.2) is 0 Å². The number of hydrogen-bond donors (Lipinski definition) is 1. The summed E-state index contributed by atoms with van der Waals surface area (Å²) in [6, 6.07) is 4.39. The first-order chi connectivity index (χ1) is 11.2. The highest BCUT2D eigenvalue weighted by Crippen LogP contribution is 2.64. The number of hydrogen-bond acceptors (Lipinski definition) is 4. The Morgan fingerprint density at radius 3 is 2.61 bits per heavy atom. The number of pyridine rings is 1. The Balaban J connectivity index is 1.38. The van der Waals surface area contributed by atoms with Gasteiger partial charge in [0, 0.05) is 38.4 Å². The minimum absolute atomic E-state index is 0.0327. The topological polar surface area (TPSA) is 68.5 Å². The van der Waals surface area contributed by atoms with Crippen LogP contribution in [0, 0.1) is 11.3 Å². The van der Waals surface area contributed by atoms with Crippen molar-refractivity contribution in [1.29, 1.82) is 0 Å². The molecule has 3 heterocycles. The molecule has 1 saturated carbocycles. The van der Waals surface area contributed by atoms with Gasteiger partial charge in [0.2, 0.25) is 5.91 Å². The van der Waals surface area contributed by atoms with Gasteiger partial charge in [-0.2, -0.15) is 0 Å². The number of piperidine rings is 1. The second-order valence-corrected chi connectivity index (χ2v) is 7.34. The van der Waals surface area contributed by atoms with Gasteiger partial charge < -0.3 is 15.4 Å². The van der Waals surface area contributed by atoms with Crippen LogP contribution in [0.2, 0.25) is 0 Å². The fourth-order valence-electron chi connectivity index (χ4n) is 4.33. The van der Waals surface area contributed by atoms with E-state index in [1.807, 2.05) is 0 Å². The molecule has 1 spiro atoms. The smallest absolute Gasteiger partial charge is 0.220 e. The summed E-state index contributed by atoms with van der Waals surface area (Å²) in [5.74, 6) is 1.57. The maximum Gasteiger partial charge on any atom is 0.220 e. The van der Waals surface area contributed by atoms with E-state index in [0.717, 1.165) is 45.0 Å². The minimum Gasteiger partial charge on any atom is -0.381 e. The average Bonchev–Trinajstić information content (AvgIpc) is 3.28. The maximum atomic E-state index is 11.3.